The normalized spacial score (nSPS) is 28.9. The summed E-state index contributed by atoms with van der Waals surface area (Å²) in [5, 5.41) is 15.0. The van der Waals surface area contributed by atoms with E-state index in [0.29, 0.717) is 6.04 Å². The van der Waals surface area contributed by atoms with Gasteiger partial charge in [0.1, 0.15) is 6.04 Å². The van der Waals surface area contributed by atoms with Crippen LogP contribution in [-0.4, -0.2) is 48.2 Å². The smallest absolute Gasteiger partial charge is 0.326 e. The third-order valence-electron chi connectivity index (χ3n) is 4.12. The Bertz CT molecular complexity index is 412. The highest BCUT2D eigenvalue weighted by Crippen LogP contribution is 2.33. The number of ether oxygens (including phenoxy) is 1. The molecule has 0 aromatic carbocycles. The van der Waals surface area contributed by atoms with Crippen LogP contribution in [0.5, 0.6) is 0 Å². The Morgan fingerprint density at radius 2 is 2.15 bits per heavy atom. The number of methoxy groups -OCH3 is 1. The van der Waals surface area contributed by atoms with E-state index in [0.717, 1.165) is 19.3 Å². The maximum Gasteiger partial charge on any atom is 0.326 e. The number of amides is 1. The minimum atomic E-state index is -1.13. The molecule has 2 aliphatic rings. The number of aliphatic carboxylic acids is 1. The van der Waals surface area contributed by atoms with E-state index in [1.54, 1.807) is 0 Å². The summed E-state index contributed by atoms with van der Waals surface area (Å²) in [5.74, 6) is -2.00. The summed E-state index contributed by atoms with van der Waals surface area (Å²) in [5.41, 5.74) is 0. The standard InChI is InChI=1S/C13H20N2O5/c1-20-11(16)5-4-10(13(18)19)15-12(17)8-6-7-2-3-9(8)14-7/h7-10,14H,2-6H2,1H3,(H,15,17)(H,18,19)/t7?,8?,9?,10-/m1/s1. The van der Waals surface area contributed by atoms with E-state index in [9.17, 15) is 14.4 Å². The van der Waals surface area contributed by atoms with Gasteiger partial charge in [-0.25, -0.2) is 4.79 Å². The average molecular weight is 284 g/mol. The molecule has 0 aromatic rings. The predicted molar refractivity (Wildman–Crippen MR) is 68.9 cm³/mol. The summed E-state index contributed by atoms with van der Waals surface area (Å²) < 4.78 is 4.47. The first-order valence-corrected chi connectivity index (χ1v) is 6.87. The lowest BCUT2D eigenvalue weighted by molar-refractivity contribution is -0.144. The largest absolute Gasteiger partial charge is 0.480 e. The van der Waals surface area contributed by atoms with E-state index >= 15 is 0 Å². The molecule has 2 heterocycles. The first kappa shape index (κ1) is 14.8. The van der Waals surface area contributed by atoms with Gasteiger partial charge in [-0.1, -0.05) is 0 Å². The SMILES string of the molecule is COC(=O)CC[C@@H](NC(=O)C1CC2CCC1N2)C(=O)O. The monoisotopic (exact) mass is 284 g/mol. The number of nitrogens with one attached hydrogen (secondary N) is 2. The van der Waals surface area contributed by atoms with Crippen LogP contribution in [0.15, 0.2) is 0 Å². The van der Waals surface area contributed by atoms with Crippen molar-refractivity contribution in [1.82, 2.24) is 10.6 Å². The zero-order valence-corrected chi connectivity index (χ0v) is 11.4. The Hall–Kier alpha value is -1.63. The number of esters is 1. The molecule has 0 spiro atoms. The van der Waals surface area contributed by atoms with Crippen LogP contribution in [0.25, 0.3) is 0 Å². The highest BCUT2D eigenvalue weighted by atomic mass is 16.5. The molecule has 3 N–H and O–H groups in total. The van der Waals surface area contributed by atoms with Crippen molar-refractivity contribution in [3.8, 4) is 0 Å². The van der Waals surface area contributed by atoms with Crippen molar-refractivity contribution in [2.75, 3.05) is 7.11 Å². The molecule has 2 bridgehead atoms. The van der Waals surface area contributed by atoms with Crippen molar-refractivity contribution in [3.63, 3.8) is 0 Å². The fourth-order valence-electron chi connectivity index (χ4n) is 3.01. The van der Waals surface area contributed by atoms with Gasteiger partial charge in [0.25, 0.3) is 0 Å². The number of carboxylic acid groups (broad SMARTS) is 1. The van der Waals surface area contributed by atoms with Crippen molar-refractivity contribution in [2.45, 2.75) is 50.2 Å². The number of carbonyl (C=O) groups is 3. The third-order valence-corrected chi connectivity index (χ3v) is 4.12. The van der Waals surface area contributed by atoms with Crippen LogP contribution in [0.1, 0.15) is 32.1 Å². The third kappa shape index (κ3) is 3.27. The average Bonchev–Trinajstić information content (AvgIpc) is 3.04. The summed E-state index contributed by atoms with van der Waals surface area (Å²) in [6.45, 7) is 0. The summed E-state index contributed by atoms with van der Waals surface area (Å²) in [6.07, 6.45) is 2.83. The maximum absolute atomic E-state index is 12.1. The summed E-state index contributed by atoms with van der Waals surface area (Å²) in [6, 6.07) is -0.495. The minimum Gasteiger partial charge on any atom is -0.480 e. The number of hydrogen-bond donors (Lipinski definition) is 3. The van der Waals surface area contributed by atoms with Crippen molar-refractivity contribution in [2.24, 2.45) is 5.92 Å². The second-order valence-corrected chi connectivity index (χ2v) is 5.40. The minimum absolute atomic E-state index is 0.0251. The molecule has 20 heavy (non-hydrogen) atoms. The van der Waals surface area contributed by atoms with E-state index in [2.05, 4.69) is 15.4 Å². The van der Waals surface area contributed by atoms with Crippen molar-refractivity contribution < 1.29 is 24.2 Å². The molecular formula is C13H20N2O5. The Balaban J connectivity index is 1.86. The van der Waals surface area contributed by atoms with Crippen LogP contribution in [0.2, 0.25) is 0 Å². The fraction of sp³-hybridized carbons (Fsp3) is 0.769. The summed E-state index contributed by atoms with van der Waals surface area (Å²) >= 11 is 0. The Kier molecular flexibility index (Phi) is 4.59. The molecule has 7 heteroatoms. The number of carbonyl (C=O) groups excluding carboxylic acids is 2. The van der Waals surface area contributed by atoms with Gasteiger partial charge < -0.3 is 20.5 Å². The zero-order valence-electron chi connectivity index (χ0n) is 11.4. The molecule has 4 atom stereocenters. The highest BCUT2D eigenvalue weighted by molar-refractivity contribution is 5.86. The van der Waals surface area contributed by atoms with Gasteiger partial charge in [0.15, 0.2) is 0 Å². The van der Waals surface area contributed by atoms with E-state index in [4.69, 9.17) is 5.11 Å². The van der Waals surface area contributed by atoms with E-state index in [1.165, 1.54) is 7.11 Å². The topological polar surface area (TPSA) is 105 Å². The van der Waals surface area contributed by atoms with Gasteiger partial charge in [-0.15, -0.1) is 0 Å². The van der Waals surface area contributed by atoms with Gasteiger partial charge in [0, 0.05) is 18.5 Å². The lowest BCUT2D eigenvalue weighted by Crippen LogP contribution is -2.46. The van der Waals surface area contributed by atoms with Crippen LogP contribution in [0.4, 0.5) is 0 Å². The van der Waals surface area contributed by atoms with Gasteiger partial charge in [-0.05, 0) is 25.7 Å². The molecular weight excluding hydrogens is 264 g/mol. The Labute approximate surface area is 117 Å². The van der Waals surface area contributed by atoms with Crippen LogP contribution in [0, 0.1) is 5.92 Å². The molecule has 0 saturated carbocycles. The molecule has 2 rings (SSSR count). The molecule has 112 valence electrons. The van der Waals surface area contributed by atoms with Crippen LogP contribution in [-0.2, 0) is 19.1 Å². The molecule has 1 amide bonds. The van der Waals surface area contributed by atoms with Crippen LogP contribution < -0.4 is 10.6 Å². The van der Waals surface area contributed by atoms with E-state index < -0.39 is 18.0 Å². The van der Waals surface area contributed by atoms with Gasteiger partial charge in [0.05, 0.1) is 13.0 Å². The number of hydrogen-bond acceptors (Lipinski definition) is 5. The highest BCUT2D eigenvalue weighted by Gasteiger charge is 2.43. The van der Waals surface area contributed by atoms with Gasteiger partial charge in [0.2, 0.25) is 5.91 Å². The molecule has 2 saturated heterocycles. The zero-order chi connectivity index (χ0) is 14.7. The molecule has 3 unspecified atom stereocenters. The van der Waals surface area contributed by atoms with Crippen LogP contribution in [0.3, 0.4) is 0 Å². The molecule has 7 nitrogen and oxygen atoms in total. The van der Waals surface area contributed by atoms with Gasteiger partial charge in [-0.3, -0.25) is 9.59 Å². The van der Waals surface area contributed by atoms with E-state index in [-0.39, 0.29) is 30.7 Å². The maximum atomic E-state index is 12.1. The first-order chi connectivity index (χ1) is 9.51. The predicted octanol–water partition coefficient (Wildman–Crippen LogP) is -0.350. The second kappa shape index (κ2) is 6.21. The summed E-state index contributed by atoms with van der Waals surface area (Å²) in [7, 11) is 1.25. The number of rotatable bonds is 6. The van der Waals surface area contributed by atoms with Crippen molar-refractivity contribution in [3.05, 3.63) is 0 Å². The Morgan fingerprint density at radius 3 is 2.65 bits per heavy atom. The fourth-order valence-corrected chi connectivity index (χ4v) is 3.01. The first-order valence-electron chi connectivity index (χ1n) is 6.87. The van der Waals surface area contributed by atoms with Gasteiger partial charge in [-0.2, -0.15) is 0 Å². The van der Waals surface area contributed by atoms with E-state index in [1.807, 2.05) is 0 Å². The van der Waals surface area contributed by atoms with Crippen molar-refractivity contribution in [1.29, 1.82) is 0 Å². The van der Waals surface area contributed by atoms with Crippen molar-refractivity contribution >= 4 is 17.8 Å². The Morgan fingerprint density at radius 1 is 1.40 bits per heavy atom. The second-order valence-electron chi connectivity index (χ2n) is 5.40. The quantitative estimate of drug-likeness (QED) is 0.576. The molecule has 0 aliphatic carbocycles. The molecule has 0 radical (unpaired) electrons. The number of fused-ring (bicyclic) bond motifs is 2. The van der Waals surface area contributed by atoms with Gasteiger partial charge >= 0.3 is 11.9 Å². The number of carboxylic acids is 1. The van der Waals surface area contributed by atoms with Crippen LogP contribution >= 0.6 is 0 Å². The summed E-state index contributed by atoms with van der Waals surface area (Å²) in [4.78, 5) is 34.3. The lowest BCUT2D eigenvalue weighted by atomic mass is 9.88. The molecule has 2 fully saturated rings. The molecule has 0 aromatic heterocycles. The lowest BCUT2D eigenvalue weighted by Gasteiger charge is -2.22. The molecule has 2 aliphatic heterocycles.